The van der Waals surface area contributed by atoms with Crippen LogP contribution in [0.25, 0.3) is 0 Å². The van der Waals surface area contributed by atoms with Gasteiger partial charge in [0.1, 0.15) is 17.4 Å². The lowest BCUT2D eigenvalue weighted by Gasteiger charge is -2.15. The molecule has 1 N–H and O–H groups in total. The van der Waals surface area contributed by atoms with Crippen molar-refractivity contribution in [2.75, 3.05) is 7.11 Å². The quantitative estimate of drug-likeness (QED) is 0.883. The zero-order valence-electron chi connectivity index (χ0n) is 11.7. The van der Waals surface area contributed by atoms with Gasteiger partial charge in [-0.25, -0.2) is 8.78 Å². The van der Waals surface area contributed by atoms with Gasteiger partial charge in [-0.2, -0.15) is 0 Å². The van der Waals surface area contributed by atoms with Gasteiger partial charge in [-0.15, -0.1) is 0 Å². The summed E-state index contributed by atoms with van der Waals surface area (Å²) < 4.78 is 33.6. The first-order valence-corrected chi connectivity index (χ1v) is 7.18. The fourth-order valence-corrected chi connectivity index (χ4v) is 2.73. The van der Waals surface area contributed by atoms with E-state index in [-0.39, 0.29) is 12.0 Å². The summed E-state index contributed by atoms with van der Waals surface area (Å²) in [6, 6.07) is 7.76. The van der Waals surface area contributed by atoms with Gasteiger partial charge in [0.15, 0.2) is 0 Å². The highest BCUT2D eigenvalue weighted by Gasteiger charge is 2.20. The van der Waals surface area contributed by atoms with E-state index in [0.29, 0.717) is 11.3 Å². The van der Waals surface area contributed by atoms with Crippen molar-refractivity contribution >= 4 is 15.9 Å². The number of aliphatic hydroxyl groups excluding tert-OH is 1. The highest BCUT2D eigenvalue weighted by molar-refractivity contribution is 9.10. The van der Waals surface area contributed by atoms with Crippen molar-refractivity contribution in [2.45, 2.75) is 19.4 Å². The third-order valence-corrected chi connectivity index (χ3v) is 3.92. The zero-order chi connectivity index (χ0) is 15.6. The molecule has 2 aromatic carbocycles. The lowest BCUT2D eigenvalue weighted by atomic mass is 9.98. The van der Waals surface area contributed by atoms with E-state index in [0.717, 1.165) is 10.0 Å². The monoisotopic (exact) mass is 356 g/mol. The number of halogens is 3. The molecule has 0 heterocycles. The van der Waals surface area contributed by atoms with Crippen LogP contribution in [0.4, 0.5) is 8.78 Å². The molecule has 0 aliphatic heterocycles. The van der Waals surface area contributed by atoms with E-state index in [1.54, 1.807) is 25.3 Å². The molecule has 0 aliphatic rings. The number of benzene rings is 2. The Hall–Kier alpha value is -1.46. The Labute approximate surface area is 130 Å². The van der Waals surface area contributed by atoms with Crippen LogP contribution >= 0.6 is 15.9 Å². The van der Waals surface area contributed by atoms with Crippen molar-refractivity contribution in [3.8, 4) is 5.75 Å². The van der Waals surface area contributed by atoms with Crippen molar-refractivity contribution in [3.05, 3.63) is 63.1 Å². The summed E-state index contributed by atoms with van der Waals surface area (Å²) >= 11 is 3.34. The van der Waals surface area contributed by atoms with Crippen LogP contribution in [0.5, 0.6) is 5.75 Å². The molecule has 21 heavy (non-hydrogen) atoms. The van der Waals surface area contributed by atoms with Crippen LogP contribution in [0.15, 0.2) is 34.8 Å². The standard InChI is InChI=1S/C16H15BrF2O2/c1-9-3-5-12(18)15(16(9)19)13(20)8-10-4-6-14(21-2)11(17)7-10/h3-7,13,20H,8H2,1-2H3. The van der Waals surface area contributed by atoms with E-state index in [1.165, 1.54) is 19.1 Å². The predicted molar refractivity (Wildman–Crippen MR) is 80.5 cm³/mol. The predicted octanol–water partition coefficient (Wildman–Crippen LogP) is 4.32. The van der Waals surface area contributed by atoms with Crippen molar-refractivity contribution in [2.24, 2.45) is 0 Å². The zero-order valence-corrected chi connectivity index (χ0v) is 13.2. The number of hydrogen-bond acceptors (Lipinski definition) is 2. The van der Waals surface area contributed by atoms with Gasteiger partial charge in [0.05, 0.1) is 23.2 Å². The highest BCUT2D eigenvalue weighted by atomic mass is 79.9. The lowest BCUT2D eigenvalue weighted by Crippen LogP contribution is -2.08. The second kappa shape index (κ2) is 6.54. The summed E-state index contributed by atoms with van der Waals surface area (Å²) in [7, 11) is 1.55. The second-order valence-electron chi connectivity index (χ2n) is 4.78. The molecule has 5 heteroatoms. The van der Waals surface area contributed by atoms with Gasteiger partial charge in [0.25, 0.3) is 0 Å². The average molecular weight is 357 g/mol. The first-order valence-electron chi connectivity index (χ1n) is 6.39. The molecule has 0 aromatic heterocycles. The number of ether oxygens (including phenoxy) is 1. The van der Waals surface area contributed by atoms with E-state index in [9.17, 15) is 13.9 Å². The Balaban J connectivity index is 2.28. The molecule has 2 nitrogen and oxygen atoms in total. The van der Waals surface area contributed by atoms with Gasteiger partial charge in [-0.3, -0.25) is 0 Å². The third kappa shape index (κ3) is 3.41. The fourth-order valence-electron chi connectivity index (χ4n) is 2.15. The first kappa shape index (κ1) is 15.9. The Kier molecular flexibility index (Phi) is 4.96. The largest absolute Gasteiger partial charge is 0.496 e. The molecule has 112 valence electrons. The molecule has 1 unspecified atom stereocenters. The van der Waals surface area contributed by atoms with E-state index >= 15 is 0 Å². The Morgan fingerprint density at radius 2 is 1.95 bits per heavy atom. The molecule has 2 aromatic rings. The average Bonchev–Trinajstić information content (AvgIpc) is 2.43. The number of hydrogen-bond donors (Lipinski definition) is 1. The fraction of sp³-hybridized carbons (Fsp3) is 0.250. The number of aliphatic hydroxyl groups is 1. The third-order valence-electron chi connectivity index (χ3n) is 3.30. The van der Waals surface area contributed by atoms with Crippen molar-refractivity contribution in [1.82, 2.24) is 0 Å². The van der Waals surface area contributed by atoms with Crippen LogP contribution in [0.1, 0.15) is 22.8 Å². The van der Waals surface area contributed by atoms with E-state index < -0.39 is 17.7 Å². The molecular weight excluding hydrogens is 342 g/mol. The summed E-state index contributed by atoms with van der Waals surface area (Å²) in [6.07, 6.45) is -1.13. The number of methoxy groups -OCH3 is 1. The highest BCUT2D eigenvalue weighted by Crippen LogP contribution is 2.30. The van der Waals surface area contributed by atoms with Crippen LogP contribution in [0.2, 0.25) is 0 Å². The first-order chi connectivity index (χ1) is 9.93. The van der Waals surface area contributed by atoms with Crippen molar-refractivity contribution in [3.63, 3.8) is 0 Å². The van der Waals surface area contributed by atoms with Crippen LogP contribution in [-0.2, 0) is 6.42 Å². The second-order valence-corrected chi connectivity index (χ2v) is 5.64. The summed E-state index contributed by atoms with van der Waals surface area (Å²) in [5.41, 5.74) is 0.763. The molecule has 0 amide bonds. The normalized spacial score (nSPS) is 12.3. The molecule has 0 spiro atoms. The summed E-state index contributed by atoms with van der Waals surface area (Å²) in [6.45, 7) is 1.54. The minimum Gasteiger partial charge on any atom is -0.496 e. The van der Waals surface area contributed by atoms with Crippen LogP contribution in [0, 0.1) is 18.6 Å². The summed E-state index contributed by atoms with van der Waals surface area (Å²) in [5.74, 6) is -0.783. The SMILES string of the molecule is COc1ccc(CC(O)c2c(F)ccc(C)c2F)cc1Br. The van der Waals surface area contributed by atoms with Gasteiger partial charge in [0, 0.05) is 6.42 Å². The van der Waals surface area contributed by atoms with Crippen molar-refractivity contribution < 1.29 is 18.6 Å². The minimum atomic E-state index is -1.25. The summed E-state index contributed by atoms with van der Waals surface area (Å²) in [4.78, 5) is 0. The van der Waals surface area contributed by atoms with Crippen LogP contribution in [-0.4, -0.2) is 12.2 Å². The van der Waals surface area contributed by atoms with Gasteiger partial charge in [0.2, 0.25) is 0 Å². The van der Waals surface area contributed by atoms with Gasteiger partial charge < -0.3 is 9.84 Å². The molecular formula is C16H15BrF2O2. The van der Waals surface area contributed by atoms with E-state index in [4.69, 9.17) is 4.74 Å². The Morgan fingerprint density at radius 3 is 2.57 bits per heavy atom. The molecule has 0 radical (unpaired) electrons. The van der Waals surface area contributed by atoms with Gasteiger partial charge in [-0.1, -0.05) is 12.1 Å². The topological polar surface area (TPSA) is 29.5 Å². The molecule has 0 fully saturated rings. The van der Waals surface area contributed by atoms with Crippen molar-refractivity contribution in [1.29, 1.82) is 0 Å². The lowest BCUT2D eigenvalue weighted by molar-refractivity contribution is 0.168. The molecule has 1 atom stereocenters. The molecule has 0 aliphatic carbocycles. The minimum absolute atomic E-state index is 0.111. The number of aryl methyl sites for hydroxylation is 1. The van der Waals surface area contributed by atoms with E-state index in [2.05, 4.69) is 15.9 Å². The molecule has 0 bridgehead atoms. The maximum absolute atomic E-state index is 14.0. The number of rotatable bonds is 4. The molecule has 0 saturated heterocycles. The smallest absolute Gasteiger partial charge is 0.134 e. The maximum Gasteiger partial charge on any atom is 0.134 e. The van der Waals surface area contributed by atoms with Crippen LogP contribution < -0.4 is 4.74 Å². The molecule has 0 saturated carbocycles. The Bertz CT molecular complexity index is 659. The Morgan fingerprint density at radius 1 is 1.24 bits per heavy atom. The van der Waals surface area contributed by atoms with E-state index in [1.807, 2.05) is 0 Å². The maximum atomic E-state index is 14.0. The molecule has 2 rings (SSSR count). The van der Waals surface area contributed by atoms with Gasteiger partial charge >= 0.3 is 0 Å². The van der Waals surface area contributed by atoms with Crippen LogP contribution in [0.3, 0.4) is 0 Å². The summed E-state index contributed by atoms with van der Waals surface area (Å²) in [5, 5.41) is 10.2. The van der Waals surface area contributed by atoms with Gasteiger partial charge in [-0.05, 0) is 52.2 Å².